The van der Waals surface area contributed by atoms with Crippen molar-refractivity contribution in [1.82, 2.24) is 0 Å². The van der Waals surface area contributed by atoms with E-state index in [1.165, 1.54) is 127 Å². The van der Waals surface area contributed by atoms with Gasteiger partial charge in [0.2, 0.25) is 0 Å². The molecular weight excluding hydrogens is 1090 g/mol. The van der Waals surface area contributed by atoms with Crippen LogP contribution >= 0.6 is 0 Å². The van der Waals surface area contributed by atoms with Crippen LogP contribution in [0.5, 0.6) is 0 Å². The van der Waals surface area contributed by atoms with Gasteiger partial charge in [-0.15, -0.1) is 26.2 Å². The van der Waals surface area contributed by atoms with Crippen LogP contribution in [0.2, 0.25) is 0 Å². The van der Waals surface area contributed by atoms with Crippen LogP contribution in [-0.4, -0.2) is 66.9 Å². The molecule has 2 aromatic rings. The molecule has 0 bridgehead atoms. The summed E-state index contributed by atoms with van der Waals surface area (Å²) in [7, 11) is 0. The van der Waals surface area contributed by atoms with Gasteiger partial charge < -0.3 is 105 Å². The molecule has 0 amide bonds. The number of unbranched alkanes of at least 4 members (excludes halogenated alkanes) is 10. The monoisotopic (exact) mass is 1160 g/mol. The third-order valence-corrected chi connectivity index (χ3v) is 10.7. The Balaban J connectivity index is -0.000000221. The van der Waals surface area contributed by atoms with Crippen LogP contribution < -0.4 is 0 Å². The molecule has 1 aliphatic carbocycles. The molecule has 0 saturated carbocycles. The molecule has 2 aromatic carbocycles. The maximum Gasteiger partial charge on any atom is 0.0215 e. The van der Waals surface area contributed by atoms with Gasteiger partial charge in [0.25, 0.3) is 0 Å². The molecule has 0 spiro atoms. The number of benzene rings is 2. The summed E-state index contributed by atoms with van der Waals surface area (Å²) in [5.74, 6) is 1.22. The average molecular weight is 1160 g/mol. The largest absolute Gasteiger partial charge is 0.693 e. The van der Waals surface area contributed by atoms with Crippen LogP contribution in [-0.2, 0) is 75.0 Å². The van der Waals surface area contributed by atoms with Crippen molar-refractivity contribution in [2.24, 2.45) is 0 Å². The van der Waals surface area contributed by atoms with Crippen molar-refractivity contribution in [2.75, 3.05) is 26.2 Å². The number of hydrogen-bond acceptors (Lipinski definition) is 6. The summed E-state index contributed by atoms with van der Waals surface area (Å²) in [4.78, 5) is 45.0. The van der Waals surface area contributed by atoms with Gasteiger partial charge in [-0.25, -0.2) is 0 Å². The molecule has 12 nitrogen and oxygen atoms in total. The van der Waals surface area contributed by atoms with Crippen LogP contribution in [0.1, 0.15) is 164 Å². The van der Waals surface area contributed by atoms with E-state index >= 15 is 0 Å². The van der Waals surface area contributed by atoms with Crippen LogP contribution in [0.4, 0.5) is 0 Å². The topological polar surface area (TPSA) is 265 Å². The molecule has 59 heavy (non-hydrogen) atoms. The SMILES string of the molecule is CCCCCCCCC1(CCCCCCCC)c2cc(C3CCC[N-]C3)ccc2-c2ccc(C3CCC[N-]C3)cc21.[C-]=O.[C-]=O.[C-]=O.[C-]=O.[C-]=O.[C-]=O.[NH2-].[NH2-].[NH2-].[NH2-].[Re].[Re]. The number of rotatable bonds is 16. The Kier molecular flexibility index (Phi) is 62.6. The van der Waals surface area contributed by atoms with E-state index in [-0.39, 0.29) is 70.9 Å². The molecule has 0 aromatic heterocycles. The van der Waals surface area contributed by atoms with Crippen molar-refractivity contribution in [3.63, 3.8) is 0 Å². The zero-order valence-electron chi connectivity index (χ0n) is 35.1. The van der Waals surface area contributed by atoms with Crippen molar-refractivity contribution in [2.45, 2.75) is 147 Å². The molecule has 5 rings (SSSR count). The van der Waals surface area contributed by atoms with Gasteiger partial charge in [-0.3, -0.25) is 0 Å². The predicted molar refractivity (Wildman–Crippen MR) is 234 cm³/mol. The van der Waals surface area contributed by atoms with Gasteiger partial charge in [-0.05, 0) is 70.9 Å². The number of piperidine rings is 2. The quantitative estimate of drug-likeness (QED) is 0.116. The van der Waals surface area contributed by atoms with Gasteiger partial charge >= 0.3 is 0 Å². The maximum absolute atomic E-state index is 7.50. The van der Waals surface area contributed by atoms with Gasteiger partial charge in [0.05, 0.1) is 0 Å². The molecule has 2 fully saturated rings. The number of carbonyl (C=O) groups excluding carboxylic acids is 6. The summed E-state index contributed by atoms with van der Waals surface area (Å²) in [6.07, 6.45) is 24.2. The second-order valence-corrected chi connectivity index (χ2v) is 13.7. The van der Waals surface area contributed by atoms with E-state index in [4.69, 9.17) is 39.4 Å². The van der Waals surface area contributed by atoms with Gasteiger partial charge in [-0.1, -0.05) is 140 Å². The van der Waals surface area contributed by atoms with Crippen LogP contribution in [0.25, 0.3) is 46.4 Å². The normalized spacial score (nSPS) is 15.4. The summed E-state index contributed by atoms with van der Waals surface area (Å²) in [6, 6.07) is 15.3. The Morgan fingerprint density at radius 3 is 1.08 bits per heavy atom. The first-order chi connectivity index (χ1) is 26.3. The van der Waals surface area contributed by atoms with E-state index in [1.54, 1.807) is 22.3 Å². The minimum absolute atomic E-state index is 0. The smallest absolute Gasteiger partial charge is 0.0215 e. The van der Waals surface area contributed by atoms with Crippen molar-refractivity contribution in [3.8, 4) is 11.1 Å². The number of nitrogens with zero attached hydrogens (tertiary/aromatic N) is 2. The number of nitrogens with two attached hydrogens (primary N) is 4. The van der Waals surface area contributed by atoms with Gasteiger partial charge in [0.1, 0.15) is 0 Å². The summed E-state index contributed by atoms with van der Waals surface area (Å²) >= 11 is 0. The Morgan fingerprint density at radius 2 is 0.797 bits per heavy atom. The number of hydrogen-bond donors (Lipinski definition) is 0. The maximum atomic E-state index is 7.50. The molecule has 338 valence electrons. The van der Waals surface area contributed by atoms with Crippen LogP contribution in [0.3, 0.4) is 0 Å². The Labute approximate surface area is 386 Å². The van der Waals surface area contributed by atoms with E-state index in [2.05, 4.69) is 91.0 Å². The summed E-state index contributed by atoms with van der Waals surface area (Å²) in [6.45, 7) is 35.8. The van der Waals surface area contributed by atoms with Gasteiger partial charge in [0, 0.05) is 46.3 Å². The fourth-order valence-electron chi connectivity index (χ4n) is 8.24. The van der Waals surface area contributed by atoms with E-state index in [9.17, 15) is 0 Å². The average Bonchev–Trinajstić information content (AvgIpc) is 3.53. The molecule has 8 N–H and O–H groups in total. The standard InChI is InChI=1S/C39H58N2.6CO.4H2N.2Re/c1-3-5-7-9-11-13-23-39(24-14-12-10-8-6-4-2)37-27-31(33-17-15-25-40-29-33)19-21-35(37)36-22-20-32(28-38(36)39)34-18-16-26-41-30-34;6*1-2;;;;;;/h19-22,27-28,33-34H,3-18,23-26,29-30H2,1-2H3;;;;;;;4*1H2;;/q-2;10*-1;;. The zero-order chi connectivity index (χ0) is 40.3. The first-order valence-electron chi connectivity index (χ1n) is 19.0. The Morgan fingerprint density at radius 1 is 0.492 bits per heavy atom. The second-order valence-electron chi connectivity index (χ2n) is 13.7. The molecule has 2 saturated heterocycles. The Hall–Kier alpha value is -2.46. The minimum Gasteiger partial charge on any atom is -0.693 e. The van der Waals surface area contributed by atoms with E-state index in [1.807, 2.05) is 0 Å². The third kappa shape index (κ3) is 23.9. The predicted octanol–water partition coefficient (Wildman–Crippen LogP) is 12.4. The van der Waals surface area contributed by atoms with Crippen molar-refractivity contribution >= 4 is 40.7 Å². The molecule has 2 aliphatic heterocycles. The fraction of sp³-hybridized carbons (Fsp3) is 0.600. The molecule has 8 radical (unpaired) electrons. The summed E-state index contributed by atoms with van der Waals surface area (Å²) in [5.41, 5.74) is 9.69. The van der Waals surface area contributed by atoms with Crippen LogP contribution in [0, 0.1) is 0 Å². The van der Waals surface area contributed by atoms with E-state index in [0.717, 1.165) is 26.2 Å². The first kappa shape index (κ1) is 74.0. The zero-order valence-corrected chi connectivity index (χ0v) is 40.5. The third-order valence-electron chi connectivity index (χ3n) is 10.7. The molecule has 14 heteroatoms. The second kappa shape index (κ2) is 49.9. The molecule has 2 atom stereocenters. The summed E-state index contributed by atoms with van der Waals surface area (Å²) < 4.78 is 0. The van der Waals surface area contributed by atoms with Crippen molar-refractivity contribution < 1.29 is 69.6 Å². The van der Waals surface area contributed by atoms with E-state index in [0.29, 0.717) is 11.8 Å². The molecule has 2 heterocycles. The van der Waals surface area contributed by atoms with Gasteiger partial charge in [-0.2, -0.15) is 0 Å². The van der Waals surface area contributed by atoms with Gasteiger partial charge in [0.15, 0.2) is 0 Å². The van der Waals surface area contributed by atoms with E-state index < -0.39 is 0 Å². The van der Waals surface area contributed by atoms with Crippen molar-refractivity contribution in [3.05, 3.63) is 93.9 Å². The molecule has 3 aliphatic rings. The number of fused-ring (bicyclic) bond motifs is 3. The molecule has 2 unspecified atom stereocenters. The fourth-order valence-corrected chi connectivity index (χ4v) is 8.24. The molecular formula is C45H66N6O6Re2-12. The van der Waals surface area contributed by atoms with Crippen LogP contribution in [0.15, 0.2) is 36.4 Å². The summed E-state index contributed by atoms with van der Waals surface area (Å²) in [5, 5.41) is 9.66. The minimum atomic E-state index is 0. The Bertz CT molecular complexity index is 1110. The first-order valence-corrected chi connectivity index (χ1v) is 19.0. The van der Waals surface area contributed by atoms with Crippen molar-refractivity contribution in [1.29, 1.82) is 0 Å².